The Labute approximate surface area is 108 Å². The summed E-state index contributed by atoms with van der Waals surface area (Å²) in [5.41, 5.74) is 1.10. The van der Waals surface area contributed by atoms with Gasteiger partial charge in [0.25, 0.3) is 0 Å². The molecule has 1 aliphatic rings. The third-order valence-corrected chi connectivity index (χ3v) is 3.81. The van der Waals surface area contributed by atoms with Crippen LogP contribution < -0.4 is 0 Å². The summed E-state index contributed by atoms with van der Waals surface area (Å²) in [6.07, 6.45) is 8.62. The predicted octanol–water partition coefficient (Wildman–Crippen LogP) is 4.22. The van der Waals surface area contributed by atoms with Crippen LogP contribution in [0.25, 0.3) is 0 Å². The number of nitrogens with zero attached hydrogens (tertiary/aromatic N) is 1. The van der Waals surface area contributed by atoms with Crippen LogP contribution >= 0.6 is 11.6 Å². The highest BCUT2D eigenvalue weighted by molar-refractivity contribution is 6.29. The standard InChI is InChI=1S/C14H20ClNO/c1-2-11-4-3-5-13(8-11)17-10-12-6-7-14(15)16-9-12/h6-7,9,11,13H,2-5,8,10H2,1H3. The van der Waals surface area contributed by atoms with Crippen molar-refractivity contribution in [3.8, 4) is 0 Å². The van der Waals surface area contributed by atoms with Crippen molar-refractivity contribution in [1.82, 2.24) is 4.98 Å². The second-order valence-corrected chi connectivity index (χ2v) is 5.25. The molecular weight excluding hydrogens is 234 g/mol. The van der Waals surface area contributed by atoms with Gasteiger partial charge in [0.15, 0.2) is 0 Å². The summed E-state index contributed by atoms with van der Waals surface area (Å²) in [7, 11) is 0. The molecule has 2 rings (SSSR count). The predicted molar refractivity (Wildman–Crippen MR) is 70.1 cm³/mol. The zero-order valence-corrected chi connectivity index (χ0v) is 11.1. The van der Waals surface area contributed by atoms with Crippen molar-refractivity contribution < 1.29 is 4.74 Å². The second kappa shape index (κ2) is 6.36. The zero-order chi connectivity index (χ0) is 12.1. The SMILES string of the molecule is CCC1CCCC(OCc2ccc(Cl)nc2)C1. The van der Waals surface area contributed by atoms with Crippen molar-refractivity contribution >= 4 is 11.6 Å². The summed E-state index contributed by atoms with van der Waals surface area (Å²) in [4.78, 5) is 4.06. The van der Waals surface area contributed by atoms with Crippen LogP contribution in [0.15, 0.2) is 18.3 Å². The van der Waals surface area contributed by atoms with Crippen LogP contribution in [-0.4, -0.2) is 11.1 Å². The van der Waals surface area contributed by atoms with Gasteiger partial charge in [-0.3, -0.25) is 0 Å². The van der Waals surface area contributed by atoms with Gasteiger partial charge in [0, 0.05) is 6.20 Å². The van der Waals surface area contributed by atoms with E-state index in [0.717, 1.165) is 11.5 Å². The molecule has 1 aromatic heterocycles. The molecule has 1 saturated carbocycles. The van der Waals surface area contributed by atoms with Gasteiger partial charge in [-0.15, -0.1) is 0 Å². The largest absolute Gasteiger partial charge is 0.373 e. The molecule has 2 nitrogen and oxygen atoms in total. The Kier molecular flexibility index (Phi) is 4.81. The highest BCUT2D eigenvalue weighted by Crippen LogP contribution is 2.28. The number of rotatable bonds is 4. The van der Waals surface area contributed by atoms with E-state index in [1.807, 2.05) is 12.1 Å². The zero-order valence-electron chi connectivity index (χ0n) is 10.4. The van der Waals surface area contributed by atoms with Crippen LogP contribution in [-0.2, 0) is 11.3 Å². The summed E-state index contributed by atoms with van der Waals surface area (Å²) in [6, 6.07) is 3.80. The first-order valence-electron chi connectivity index (χ1n) is 6.50. The van der Waals surface area contributed by atoms with Gasteiger partial charge in [-0.1, -0.05) is 43.9 Å². The van der Waals surface area contributed by atoms with Crippen molar-refractivity contribution in [2.24, 2.45) is 5.92 Å². The van der Waals surface area contributed by atoms with Crippen LogP contribution in [0.1, 0.15) is 44.6 Å². The molecule has 1 heterocycles. The van der Waals surface area contributed by atoms with E-state index in [2.05, 4.69) is 11.9 Å². The topological polar surface area (TPSA) is 22.1 Å². The molecule has 0 bridgehead atoms. The Morgan fingerprint density at radius 1 is 1.41 bits per heavy atom. The van der Waals surface area contributed by atoms with Crippen LogP contribution in [0.4, 0.5) is 0 Å². The highest BCUT2D eigenvalue weighted by Gasteiger charge is 2.21. The van der Waals surface area contributed by atoms with Crippen molar-refractivity contribution in [3.63, 3.8) is 0 Å². The van der Waals surface area contributed by atoms with E-state index in [1.165, 1.54) is 32.1 Å². The molecule has 0 amide bonds. The van der Waals surface area contributed by atoms with Crippen molar-refractivity contribution in [2.45, 2.75) is 51.7 Å². The lowest BCUT2D eigenvalue weighted by molar-refractivity contribution is 0.00167. The van der Waals surface area contributed by atoms with Crippen LogP contribution in [0.3, 0.4) is 0 Å². The Morgan fingerprint density at radius 3 is 3.00 bits per heavy atom. The quantitative estimate of drug-likeness (QED) is 0.750. The molecule has 0 aliphatic heterocycles. The maximum Gasteiger partial charge on any atom is 0.129 e. The first kappa shape index (κ1) is 12.8. The minimum Gasteiger partial charge on any atom is -0.373 e. The van der Waals surface area contributed by atoms with Crippen molar-refractivity contribution in [3.05, 3.63) is 29.0 Å². The Hall–Kier alpha value is -0.600. The summed E-state index contributed by atoms with van der Waals surface area (Å²) in [5.74, 6) is 0.858. The fourth-order valence-corrected chi connectivity index (χ4v) is 2.58. The van der Waals surface area contributed by atoms with Gasteiger partial charge >= 0.3 is 0 Å². The smallest absolute Gasteiger partial charge is 0.129 e. The number of hydrogen-bond donors (Lipinski definition) is 0. The number of ether oxygens (including phenoxy) is 1. The van der Waals surface area contributed by atoms with E-state index >= 15 is 0 Å². The average Bonchev–Trinajstić information content (AvgIpc) is 2.38. The number of halogens is 1. The van der Waals surface area contributed by atoms with Gasteiger partial charge in [0.05, 0.1) is 12.7 Å². The Bertz CT molecular complexity index is 339. The minimum absolute atomic E-state index is 0.435. The van der Waals surface area contributed by atoms with Gasteiger partial charge in [-0.05, 0) is 30.4 Å². The lowest BCUT2D eigenvalue weighted by Gasteiger charge is -2.28. The van der Waals surface area contributed by atoms with E-state index in [0.29, 0.717) is 17.9 Å². The van der Waals surface area contributed by atoms with Crippen LogP contribution in [0.2, 0.25) is 5.15 Å². The minimum atomic E-state index is 0.435. The monoisotopic (exact) mass is 253 g/mol. The van der Waals surface area contributed by atoms with Gasteiger partial charge in [0.2, 0.25) is 0 Å². The summed E-state index contributed by atoms with van der Waals surface area (Å²) >= 11 is 5.75. The summed E-state index contributed by atoms with van der Waals surface area (Å²) < 4.78 is 5.96. The average molecular weight is 254 g/mol. The molecule has 1 fully saturated rings. The molecule has 94 valence electrons. The fraction of sp³-hybridized carbons (Fsp3) is 0.643. The van der Waals surface area contributed by atoms with Gasteiger partial charge < -0.3 is 4.74 Å². The van der Waals surface area contributed by atoms with E-state index in [4.69, 9.17) is 16.3 Å². The molecular formula is C14H20ClNO. The van der Waals surface area contributed by atoms with Crippen LogP contribution in [0, 0.1) is 5.92 Å². The Balaban J connectivity index is 1.79. The van der Waals surface area contributed by atoms with Crippen molar-refractivity contribution in [1.29, 1.82) is 0 Å². The van der Waals surface area contributed by atoms with E-state index in [1.54, 1.807) is 6.20 Å². The first-order chi connectivity index (χ1) is 8.28. The first-order valence-corrected chi connectivity index (χ1v) is 6.87. The van der Waals surface area contributed by atoms with Crippen LogP contribution in [0.5, 0.6) is 0 Å². The number of hydrogen-bond acceptors (Lipinski definition) is 2. The fourth-order valence-electron chi connectivity index (χ4n) is 2.47. The van der Waals surface area contributed by atoms with Crippen molar-refractivity contribution in [2.75, 3.05) is 0 Å². The van der Waals surface area contributed by atoms with E-state index in [9.17, 15) is 0 Å². The maximum atomic E-state index is 5.96. The molecule has 0 radical (unpaired) electrons. The molecule has 0 N–H and O–H groups in total. The van der Waals surface area contributed by atoms with Gasteiger partial charge in [-0.25, -0.2) is 4.98 Å². The normalized spacial score (nSPS) is 24.8. The summed E-state index contributed by atoms with van der Waals surface area (Å²) in [6.45, 7) is 2.93. The Morgan fingerprint density at radius 2 is 2.29 bits per heavy atom. The molecule has 0 spiro atoms. The molecule has 0 saturated heterocycles. The highest BCUT2D eigenvalue weighted by atomic mass is 35.5. The van der Waals surface area contributed by atoms with E-state index in [-0.39, 0.29) is 0 Å². The third kappa shape index (κ3) is 3.97. The molecule has 0 aromatic carbocycles. The van der Waals surface area contributed by atoms with E-state index < -0.39 is 0 Å². The van der Waals surface area contributed by atoms with Gasteiger partial charge in [0.1, 0.15) is 5.15 Å². The lowest BCUT2D eigenvalue weighted by atomic mass is 9.85. The third-order valence-electron chi connectivity index (χ3n) is 3.59. The molecule has 1 aliphatic carbocycles. The molecule has 1 aromatic rings. The number of aromatic nitrogens is 1. The molecule has 2 atom stereocenters. The van der Waals surface area contributed by atoms with Gasteiger partial charge in [-0.2, -0.15) is 0 Å². The molecule has 3 heteroatoms. The molecule has 2 unspecified atom stereocenters. The maximum absolute atomic E-state index is 5.96. The lowest BCUT2D eigenvalue weighted by Crippen LogP contribution is -2.22. The second-order valence-electron chi connectivity index (χ2n) is 4.86. The molecule has 17 heavy (non-hydrogen) atoms. The number of pyridine rings is 1. The summed E-state index contributed by atoms with van der Waals surface area (Å²) in [5, 5.41) is 0.539.